The molecule has 0 aliphatic heterocycles. The largest absolute Gasteiger partial charge is 0.455 e. The molecule has 4 heteroatoms. The van der Waals surface area contributed by atoms with Gasteiger partial charge in [-0.1, -0.05) is 46.6 Å². The summed E-state index contributed by atoms with van der Waals surface area (Å²) in [7, 11) is 0. The van der Waals surface area contributed by atoms with Crippen molar-refractivity contribution in [2.45, 2.75) is 111 Å². The van der Waals surface area contributed by atoms with Crippen molar-refractivity contribution in [3.05, 3.63) is 11.6 Å². The number of allylic oxidation sites excluding steroid dienone is 1. The minimum Gasteiger partial charge on any atom is -0.455 e. The van der Waals surface area contributed by atoms with Gasteiger partial charge >= 0.3 is 5.97 Å². The smallest absolute Gasteiger partial charge is 0.303 e. The Kier molecular flexibility index (Phi) is 7.37. The number of hydrogen-bond donors (Lipinski definition) is 2. The predicted molar refractivity (Wildman–Crippen MR) is 131 cm³/mol. The fourth-order valence-electron chi connectivity index (χ4n) is 9.04. The summed E-state index contributed by atoms with van der Waals surface area (Å²) in [5.74, 6) is 3.52. The van der Waals surface area contributed by atoms with E-state index >= 15 is 0 Å². The second-order valence-electron chi connectivity index (χ2n) is 12.8. The SMILES string of the molecule is CC(=O)O[C@@H]1C2=CC[C@H]3[C@@H]4CC[C@H]([C@H](CO)CCCC(C)C)[C@@]4(C)CC[C@@H]3[C@@]2(C)CC[C@H]1O. The van der Waals surface area contributed by atoms with Crippen molar-refractivity contribution in [3.63, 3.8) is 0 Å². The maximum atomic E-state index is 11.8. The number of aliphatic hydroxyl groups is 2. The third kappa shape index (κ3) is 4.44. The van der Waals surface area contributed by atoms with Gasteiger partial charge < -0.3 is 14.9 Å². The molecule has 9 atom stereocenters. The van der Waals surface area contributed by atoms with Gasteiger partial charge in [0.05, 0.1) is 6.10 Å². The van der Waals surface area contributed by atoms with Crippen LogP contribution >= 0.6 is 0 Å². The number of carbonyl (C=O) groups excluding carboxylic acids is 1. The number of carbonyl (C=O) groups is 1. The fraction of sp³-hybridized carbons (Fsp3) is 0.897. The van der Waals surface area contributed by atoms with Crippen LogP contribution in [-0.2, 0) is 9.53 Å². The van der Waals surface area contributed by atoms with Gasteiger partial charge in [0.15, 0.2) is 0 Å². The Balaban J connectivity index is 1.55. The highest BCUT2D eigenvalue weighted by molar-refractivity contribution is 5.66. The van der Waals surface area contributed by atoms with Gasteiger partial charge in [-0.25, -0.2) is 0 Å². The van der Waals surface area contributed by atoms with Crippen molar-refractivity contribution in [2.75, 3.05) is 6.61 Å². The van der Waals surface area contributed by atoms with Crippen LogP contribution in [-0.4, -0.2) is 35.0 Å². The van der Waals surface area contributed by atoms with E-state index in [-0.39, 0.29) is 11.4 Å². The lowest BCUT2D eigenvalue weighted by Crippen LogP contribution is -2.54. The lowest BCUT2D eigenvalue weighted by atomic mass is 9.46. The molecule has 0 bridgehead atoms. The molecule has 33 heavy (non-hydrogen) atoms. The molecule has 4 rings (SSSR count). The number of esters is 1. The average Bonchev–Trinajstić information content (AvgIpc) is 3.10. The second-order valence-corrected chi connectivity index (χ2v) is 12.8. The van der Waals surface area contributed by atoms with Crippen LogP contribution in [0.15, 0.2) is 11.6 Å². The van der Waals surface area contributed by atoms with Gasteiger partial charge in [-0.15, -0.1) is 0 Å². The molecular formula is C29H48O4. The highest BCUT2D eigenvalue weighted by Crippen LogP contribution is 2.67. The van der Waals surface area contributed by atoms with Gasteiger partial charge in [0.1, 0.15) is 6.10 Å². The number of ether oxygens (including phenoxy) is 1. The van der Waals surface area contributed by atoms with Crippen LogP contribution in [0, 0.1) is 46.3 Å². The molecule has 0 heterocycles. The Morgan fingerprint density at radius 3 is 2.55 bits per heavy atom. The van der Waals surface area contributed by atoms with Crippen molar-refractivity contribution >= 4 is 5.97 Å². The highest BCUT2D eigenvalue weighted by atomic mass is 16.6. The van der Waals surface area contributed by atoms with Crippen molar-refractivity contribution < 1.29 is 19.7 Å². The van der Waals surface area contributed by atoms with Gasteiger partial charge in [0.25, 0.3) is 0 Å². The van der Waals surface area contributed by atoms with Crippen molar-refractivity contribution in [3.8, 4) is 0 Å². The van der Waals surface area contributed by atoms with Crippen LogP contribution in [0.3, 0.4) is 0 Å². The van der Waals surface area contributed by atoms with Gasteiger partial charge in [-0.05, 0) is 103 Å². The Hall–Kier alpha value is -0.870. The summed E-state index contributed by atoms with van der Waals surface area (Å²) in [6, 6.07) is 0. The predicted octanol–water partition coefficient (Wildman–Crippen LogP) is 5.90. The first-order chi connectivity index (χ1) is 15.6. The molecule has 0 aromatic rings. The topological polar surface area (TPSA) is 66.8 Å². The highest BCUT2D eigenvalue weighted by Gasteiger charge is 2.60. The first kappa shape index (κ1) is 25.2. The summed E-state index contributed by atoms with van der Waals surface area (Å²) < 4.78 is 5.66. The average molecular weight is 461 g/mol. The van der Waals surface area contributed by atoms with E-state index in [1.807, 2.05) is 0 Å². The van der Waals surface area contributed by atoms with Crippen LogP contribution in [0.1, 0.15) is 98.8 Å². The van der Waals surface area contributed by atoms with E-state index in [1.54, 1.807) is 0 Å². The molecule has 0 unspecified atom stereocenters. The van der Waals surface area contributed by atoms with Crippen LogP contribution in [0.5, 0.6) is 0 Å². The van der Waals surface area contributed by atoms with E-state index in [0.29, 0.717) is 48.0 Å². The third-order valence-electron chi connectivity index (χ3n) is 10.7. The maximum absolute atomic E-state index is 11.8. The molecule has 3 saturated carbocycles. The van der Waals surface area contributed by atoms with E-state index in [1.165, 1.54) is 57.4 Å². The Morgan fingerprint density at radius 1 is 1.12 bits per heavy atom. The van der Waals surface area contributed by atoms with Crippen molar-refractivity contribution in [2.24, 2.45) is 46.3 Å². The molecule has 0 aromatic carbocycles. The molecular weight excluding hydrogens is 412 g/mol. The lowest BCUT2D eigenvalue weighted by molar-refractivity contribution is -0.155. The number of hydrogen-bond acceptors (Lipinski definition) is 4. The summed E-state index contributed by atoms with van der Waals surface area (Å²) in [5.41, 5.74) is 1.55. The maximum Gasteiger partial charge on any atom is 0.303 e. The lowest BCUT2D eigenvalue weighted by Gasteiger charge is -2.59. The molecule has 4 nitrogen and oxygen atoms in total. The fourth-order valence-corrected chi connectivity index (χ4v) is 9.04. The standard InChI is InChI=1S/C29H48O4/c1-18(2)7-6-8-20(17-30)22-11-12-23-21-9-10-25-27(33-19(3)31)26(32)14-16-29(25,5)24(21)13-15-28(22,23)4/h10,18,20-24,26-27,30,32H,6-9,11-17H2,1-5H3/t20-,21-,22+,23-,24-,26+,27+,28+,29+/m0/s1. The number of rotatable bonds is 7. The van der Waals surface area contributed by atoms with E-state index in [4.69, 9.17) is 4.74 Å². The molecule has 0 spiro atoms. The zero-order chi connectivity index (χ0) is 24.0. The summed E-state index contributed by atoms with van der Waals surface area (Å²) in [6.45, 7) is 11.3. The number of aliphatic hydroxyl groups excluding tert-OH is 2. The van der Waals surface area contributed by atoms with Gasteiger partial charge in [-0.3, -0.25) is 4.79 Å². The van der Waals surface area contributed by atoms with Gasteiger partial charge in [0, 0.05) is 13.5 Å². The molecule has 0 aromatic heterocycles. The second kappa shape index (κ2) is 9.64. The van der Waals surface area contributed by atoms with Crippen molar-refractivity contribution in [1.29, 1.82) is 0 Å². The monoisotopic (exact) mass is 460 g/mol. The van der Waals surface area contributed by atoms with Gasteiger partial charge in [-0.2, -0.15) is 0 Å². The van der Waals surface area contributed by atoms with Crippen LogP contribution in [0.4, 0.5) is 0 Å². The first-order valence-corrected chi connectivity index (χ1v) is 13.8. The Morgan fingerprint density at radius 2 is 1.88 bits per heavy atom. The molecule has 2 N–H and O–H groups in total. The van der Waals surface area contributed by atoms with Gasteiger partial charge in [0.2, 0.25) is 0 Å². The Bertz CT molecular complexity index is 744. The van der Waals surface area contributed by atoms with Crippen LogP contribution in [0.25, 0.3) is 0 Å². The van der Waals surface area contributed by atoms with E-state index in [0.717, 1.165) is 18.8 Å². The molecule has 0 saturated heterocycles. The quantitative estimate of drug-likeness (QED) is 0.366. The van der Waals surface area contributed by atoms with Crippen LogP contribution in [0.2, 0.25) is 0 Å². The summed E-state index contributed by atoms with van der Waals surface area (Å²) in [6.07, 6.45) is 12.7. The van der Waals surface area contributed by atoms with E-state index < -0.39 is 12.2 Å². The first-order valence-electron chi connectivity index (χ1n) is 13.8. The number of fused-ring (bicyclic) bond motifs is 5. The molecule has 3 fully saturated rings. The normalized spacial score (nSPS) is 43.3. The Labute approximate surface area is 201 Å². The molecule has 188 valence electrons. The minimum atomic E-state index is -0.578. The third-order valence-corrected chi connectivity index (χ3v) is 10.7. The zero-order valence-corrected chi connectivity index (χ0v) is 21.7. The molecule has 0 amide bonds. The van der Waals surface area contributed by atoms with E-state index in [2.05, 4.69) is 33.8 Å². The summed E-state index contributed by atoms with van der Waals surface area (Å²) >= 11 is 0. The molecule has 4 aliphatic rings. The minimum absolute atomic E-state index is 0.0231. The molecule has 4 aliphatic carbocycles. The van der Waals surface area contributed by atoms with E-state index in [9.17, 15) is 15.0 Å². The summed E-state index contributed by atoms with van der Waals surface area (Å²) in [5, 5.41) is 21.0. The summed E-state index contributed by atoms with van der Waals surface area (Å²) in [4.78, 5) is 11.8. The molecule has 0 radical (unpaired) electrons. The van der Waals surface area contributed by atoms with Crippen molar-refractivity contribution in [1.82, 2.24) is 0 Å². The van der Waals surface area contributed by atoms with Crippen LogP contribution < -0.4 is 0 Å². The zero-order valence-electron chi connectivity index (χ0n) is 21.7.